The topological polar surface area (TPSA) is 78.2 Å². The number of hydrogen-bond donors (Lipinski definition) is 1. The van der Waals surface area contributed by atoms with Crippen LogP contribution in [0.2, 0.25) is 0 Å². The Balaban J connectivity index is 1.98. The average Bonchev–Trinajstić information content (AvgIpc) is 3.04. The Labute approximate surface area is 153 Å². The Kier molecular flexibility index (Phi) is 6.68. The van der Waals surface area contributed by atoms with Crippen molar-refractivity contribution in [1.82, 2.24) is 0 Å². The predicted octanol–water partition coefficient (Wildman–Crippen LogP) is 4.46. The monoisotopic (exact) mass is 357 g/mol. The van der Waals surface area contributed by atoms with E-state index in [-0.39, 0.29) is 41.3 Å². The minimum absolute atomic E-state index is 0.0461. The fourth-order valence-electron chi connectivity index (χ4n) is 3.81. The molecule has 0 bridgehead atoms. The van der Waals surface area contributed by atoms with Crippen molar-refractivity contribution >= 4 is 17.8 Å². The van der Waals surface area contributed by atoms with Crippen molar-refractivity contribution in [2.45, 2.75) is 39.5 Å². The summed E-state index contributed by atoms with van der Waals surface area (Å²) in [5.74, 6) is -1.11. The molecule has 1 aliphatic carbocycles. The molecule has 0 aliphatic heterocycles. The van der Waals surface area contributed by atoms with Crippen molar-refractivity contribution in [1.29, 1.82) is 5.26 Å². The first-order chi connectivity index (χ1) is 12.3. The number of Topliss-reactive ketones (excluding diaryl/α,β-unsaturated/α-hetero) is 1. The van der Waals surface area contributed by atoms with E-state index in [9.17, 15) is 24.3 Å². The Hall–Kier alpha value is -2.48. The molecule has 2 rings (SSSR count). The van der Waals surface area contributed by atoms with Gasteiger partial charge in [0.25, 0.3) is 0 Å². The van der Waals surface area contributed by atoms with Crippen molar-refractivity contribution in [3.05, 3.63) is 41.2 Å². The van der Waals surface area contributed by atoms with E-state index in [0.29, 0.717) is 24.3 Å². The van der Waals surface area contributed by atoms with Gasteiger partial charge in [-0.15, -0.1) is 0 Å². The summed E-state index contributed by atoms with van der Waals surface area (Å²) in [5, 5.41) is 18.6. The van der Waals surface area contributed by atoms with Crippen LogP contribution in [0.1, 0.15) is 45.1 Å². The van der Waals surface area contributed by atoms with Crippen LogP contribution in [0.5, 0.6) is 0 Å². The third kappa shape index (κ3) is 5.01. The number of benzene rings is 1. The lowest BCUT2D eigenvalue weighted by Crippen LogP contribution is -2.22. The van der Waals surface area contributed by atoms with Crippen LogP contribution in [-0.2, 0) is 9.59 Å². The van der Waals surface area contributed by atoms with E-state index < -0.39 is 5.97 Å². The molecule has 1 fully saturated rings. The van der Waals surface area contributed by atoms with Crippen molar-refractivity contribution in [3.8, 4) is 6.07 Å². The van der Waals surface area contributed by atoms with E-state index >= 15 is 0 Å². The summed E-state index contributed by atoms with van der Waals surface area (Å²) in [6.45, 7) is 4.07. The summed E-state index contributed by atoms with van der Waals surface area (Å²) in [6, 6.07) is 7.51. The van der Waals surface area contributed by atoms with Crippen molar-refractivity contribution < 1.29 is 19.1 Å². The van der Waals surface area contributed by atoms with Gasteiger partial charge >= 0.3 is 5.97 Å². The number of hydrogen-bond acceptors (Lipinski definition) is 3. The van der Waals surface area contributed by atoms with E-state index in [2.05, 4.69) is 0 Å². The number of nitrogens with zero attached hydrogens (tertiary/aromatic N) is 1. The van der Waals surface area contributed by atoms with Crippen molar-refractivity contribution in [3.63, 3.8) is 0 Å². The van der Waals surface area contributed by atoms with Crippen molar-refractivity contribution in [2.24, 2.45) is 23.7 Å². The minimum atomic E-state index is -0.758. The number of carbonyl (C=O) groups is 2. The highest BCUT2D eigenvalue weighted by atomic mass is 19.1. The van der Waals surface area contributed by atoms with Crippen LogP contribution in [0, 0.1) is 40.8 Å². The Morgan fingerprint density at radius 3 is 2.46 bits per heavy atom. The molecule has 138 valence electrons. The molecule has 1 unspecified atom stereocenters. The molecule has 1 aliphatic rings. The number of carboxylic acids is 1. The molecular formula is C21H24FNO3. The Morgan fingerprint density at radius 1 is 1.31 bits per heavy atom. The van der Waals surface area contributed by atoms with Gasteiger partial charge in [-0.25, -0.2) is 4.39 Å². The molecule has 0 heterocycles. The molecule has 3 atom stereocenters. The standard InChI is InChI=1S/C21H24FNO3/c1-13(2)18-10-15(11-19(18)21(25)26)5-8-20(24)16(12-23)9-14-3-6-17(22)7-4-14/h3-4,6-7,9,13,15,18-19H,5,8,10-11H2,1-2H3,(H,25,26)/b16-9+/t15?,18-,19+/m0/s1. The number of aliphatic carboxylic acids is 1. The van der Waals surface area contributed by atoms with E-state index in [0.717, 1.165) is 6.42 Å². The third-order valence-corrected chi connectivity index (χ3v) is 5.26. The van der Waals surface area contributed by atoms with Crippen LogP contribution in [-0.4, -0.2) is 16.9 Å². The SMILES string of the molecule is CC(C)[C@@H]1CC(CCC(=O)/C(C#N)=C/c2ccc(F)cc2)C[C@H]1C(=O)O. The first-order valence-corrected chi connectivity index (χ1v) is 8.95. The number of nitriles is 1. The highest BCUT2D eigenvalue weighted by Crippen LogP contribution is 2.42. The zero-order chi connectivity index (χ0) is 19.3. The van der Waals surface area contributed by atoms with E-state index in [1.165, 1.54) is 30.3 Å². The quantitative estimate of drug-likeness (QED) is 0.577. The van der Waals surface area contributed by atoms with Crippen LogP contribution in [0.15, 0.2) is 29.8 Å². The summed E-state index contributed by atoms with van der Waals surface area (Å²) < 4.78 is 12.9. The predicted molar refractivity (Wildman–Crippen MR) is 96.4 cm³/mol. The van der Waals surface area contributed by atoms with Crippen LogP contribution in [0.3, 0.4) is 0 Å². The van der Waals surface area contributed by atoms with E-state index in [1.54, 1.807) is 0 Å². The largest absolute Gasteiger partial charge is 0.481 e. The van der Waals surface area contributed by atoms with Crippen LogP contribution in [0.25, 0.3) is 6.08 Å². The number of halogens is 1. The highest BCUT2D eigenvalue weighted by Gasteiger charge is 2.40. The molecule has 0 aromatic heterocycles. The molecule has 0 radical (unpaired) electrons. The summed E-state index contributed by atoms with van der Waals surface area (Å²) in [6.07, 6.45) is 3.69. The summed E-state index contributed by atoms with van der Waals surface area (Å²) in [7, 11) is 0. The molecule has 26 heavy (non-hydrogen) atoms. The second-order valence-electron chi connectivity index (χ2n) is 7.37. The number of carboxylic acid groups (broad SMARTS) is 1. The molecule has 1 aromatic rings. The molecule has 5 heteroatoms. The van der Waals surface area contributed by atoms with Gasteiger partial charge in [-0.2, -0.15) is 5.26 Å². The van der Waals surface area contributed by atoms with Crippen LogP contribution in [0.4, 0.5) is 4.39 Å². The van der Waals surface area contributed by atoms with Gasteiger partial charge in [0.1, 0.15) is 11.9 Å². The molecule has 1 aromatic carbocycles. The average molecular weight is 357 g/mol. The van der Waals surface area contributed by atoms with Gasteiger partial charge in [0.2, 0.25) is 0 Å². The van der Waals surface area contributed by atoms with Gasteiger partial charge in [0.15, 0.2) is 5.78 Å². The minimum Gasteiger partial charge on any atom is -0.481 e. The maximum atomic E-state index is 12.9. The van der Waals surface area contributed by atoms with Gasteiger partial charge in [-0.3, -0.25) is 9.59 Å². The second-order valence-corrected chi connectivity index (χ2v) is 7.37. The number of rotatable bonds is 7. The highest BCUT2D eigenvalue weighted by molar-refractivity contribution is 6.03. The molecule has 0 spiro atoms. The summed E-state index contributed by atoms with van der Waals surface area (Å²) >= 11 is 0. The van der Waals surface area contributed by atoms with Gasteiger partial charge in [0.05, 0.1) is 11.5 Å². The van der Waals surface area contributed by atoms with Crippen molar-refractivity contribution in [2.75, 3.05) is 0 Å². The lowest BCUT2D eigenvalue weighted by atomic mass is 9.86. The van der Waals surface area contributed by atoms with E-state index in [4.69, 9.17) is 0 Å². The lowest BCUT2D eigenvalue weighted by Gasteiger charge is -2.19. The molecule has 0 saturated heterocycles. The molecular weight excluding hydrogens is 333 g/mol. The number of allylic oxidation sites excluding steroid dienone is 1. The van der Waals surface area contributed by atoms with Crippen LogP contribution < -0.4 is 0 Å². The Morgan fingerprint density at radius 2 is 1.96 bits per heavy atom. The smallest absolute Gasteiger partial charge is 0.306 e. The van der Waals surface area contributed by atoms with Gasteiger partial charge in [0, 0.05) is 6.42 Å². The fourth-order valence-corrected chi connectivity index (χ4v) is 3.81. The summed E-state index contributed by atoms with van der Waals surface area (Å²) in [4.78, 5) is 23.8. The van der Waals surface area contributed by atoms with Gasteiger partial charge in [-0.05, 0) is 60.8 Å². The molecule has 1 N–H and O–H groups in total. The number of ketones is 1. The fraction of sp³-hybridized carbons (Fsp3) is 0.476. The number of carbonyl (C=O) groups excluding carboxylic acids is 1. The van der Waals surface area contributed by atoms with Gasteiger partial charge < -0.3 is 5.11 Å². The molecule has 4 nitrogen and oxygen atoms in total. The molecule has 0 amide bonds. The first-order valence-electron chi connectivity index (χ1n) is 8.95. The van der Waals surface area contributed by atoms with Crippen LogP contribution >= 0.6 is 0 Å². The zero-order valence-corrected chi connectivity index (χ0v) is 15.1. The maximum absolute atomic E-state index is 12.9. The van der Waals surface area contributed by atoms with E-state index in [1.807, 2.05) is 19.9 Å². The second kappa shape index (κ2) is 8.75. The summed E-state index contributed by atoms with van der Waals surface area (Å²) in [5.41, 5.74) is 0.646. The third-order valence-electron chi connectivity index (χ3n) is 5.26. The zero-order valence-electron chi connectivity index (χ0n) is 15.1. The maximum Gasteiger partial charge on any atom is 0.306 e. The lowest BCUT2D eigenvalue weighted by molar-refractivity contribution is -0.143. The molecule has 1 saturated carbocycles. The van der Waals surface area contributed by atoms with Gasteiger partial charge in [-0.1, -0.05) is 26.0 Å². The first kappa shape index (κ1) is 19.8. The Bertz CT molecular complexity index is 731. The normalized spacial score (nSPS) is 23.0.